The molecule has 2 aromatic rings. The number of nitrogens with two attached hydrogens (primary N) is 1. The monoisotopic (exact) mass is 231 g/mol. The summed E-state index contributed by atoms with van der Waals surface area (Å²) in [5, 5.41) is 3.96. The molecular formula is C13H17N3O. The van der Waals surface area contributed by atoms with Gasteiger partial charge in [0.1, 0.15) is 0 Å². The van der Waals surface area contributed by atoms with Crippen molar-refractivity contribution in [2.24, 2.45) is 5.73 Å². The lowest BCUT2D eigenvalue weighted by molar-refractivity contribution is 0.365. The SMILES string of the molecule is CC(c1ccccc1)c1nc(CCCN)no1. The molecule has 0 saturated heterocycles. The smallest absolute Gasteiger partial charge is 0.233 e. The van der Waals surface area contributed by atoms with E-state index in [-0.39, 0.29) is 5.92 Å². The van der Waals surface area contributed by atoms with Crippen LogP contribution in [0.4, 0.5) is 0 Å². The Hall–Kier alpha value is -1.68. The largest absolute Gasteiger partial charge is 0.339 e. The second-order valence-electron chi connectivity index (χ2n) is 4.07. The third kappa shape index (κ3) is 2.91. The van der Waals surface area contributed by atoms with E-state index in [0.717, 1.165) is 18.7 Å². The van der Waals surface area contributed by atoms with Crippen molar-refractivity contribution in [3.05, 3.63) is 47.6 Å². The van der Waals surface area contributed by atoms with Crippen molar-refractivity contribution in [1.29, 1.82) is 0 Å². The lowest BCUT2D eigenvalue weighted by Gasteiger charge is -2.05. The zero-order valence-corrected chi connectivity index (χ0v) is 9.97. The summed E-state index contributed by atoms with van der Waals surface area (Å²) in [6.45, 7) is 2.72. The molecule has 0 fully saturated rings. The molecule has 0 bridgehead atoms. The standard InChI is InChI=1S/C13H17N3O/c1-10(11-6-3-2-4-7-11)13-15-12(16-17-13)8-5-9-14/h2-4,6-7,10H,5,8-9,14H2,1H3. The molecular weight excluding hydrogens is 214 g/mol. The van der Waals surface area contributed by atoms with Gasteiger partial charge in [-0.15, -0.1) is 0 Å². The quantitative estimate of drug-likeness (QED) is 0.856. The Morgan fingerprint density at radius 1 is 1.29 bits per heavy atom. The Labute approximate surface area is 101 Å². The van der Waals surface area contributed by atoms with E-state index in [2.05, 4.69) is 29.2 Å². The lowest BCUT2D eigenvalue weighted by atomic mass is 10.0. The minimum atomic E-state index is 0.135. The van der Waals surface area contributed by atoms with Crippen LogP contribution in [0.2, 0.25) is 0 Å². The predicted molar refractivity (Wildman–Crippen MR) is 65.6 cm³/mol. The molecule has 17 heavy (non-hydrogen) atoms. The number of nitrogens with zero attached hydrogens (tertiary/aromatic N) is 2. The molecule has 1 atom stereocenters. The maximum Gasteiger partial charge on any atom is 0.233 e. The minimum Gasteiger partial charge on any atom is -0.339 e. The molecule has 2 rings (SSSR count). The Morgan fingerprint density at radius 3 is 2.76 bits per heavy atom. The summed E-state index contributed by atoms with van der Waals surface area (Å²) < 4.78 is 5.28. The fourth-order valence-corrected chi connectivity index (χ4v) is 1.69. The van der Waals surface area contributed by atoms with E-state index in [4.69, 9.17) is 10.3 Å². The van der Waals surface area contributed by atoms with E-state index in [1.165, 1.54) is 5.56 Å². The van der Waals surface area contributed by atoms with Crippen LogP contribution < -0.4 is 5.73 Å². The number of rotatable bonds is 5. The van der Waals surface area contributed by atoms with Gasteiger partial charge in [-0.05, 0) is 25.5 Å². The Morgan fingerprint density at radius 2 is 2.06 bits per heavy atom. The van der Waals surface area contributed by atoms with E-state index < -0.39 is 0 Å². The van der Waals surface area contributed by atoms with Crippen molar-refractivity contribution >= 4 is 0 Å². The van der Waals surface area contributed by atoms with Gasteiger partial charge in [0.15, 0.2) is 5.82 Å². The van der Waals surface area contributed by atoms with Crippen LogP contribution in [-0.2, 0) is 6.42 Å². The zero-order chi connectivity index (χ0) is 12.1. The van der Waals surface area contributed by atoms with Crippen LogP contribution >= 0.6 is 0 Å². The number of aromatic nitrogens is 2. The van der Waals surface area contributed by atoms with Crippen LogP contribution in [0.3, 0.4) is 0 Å². The summed E-state index contributed by atoms with van der Waals surface area (Å²) in [7, 11) is 0. The zero-order valence-electron chi connectivity index (χ0n) is 9.97. The van der Waals surface area contributed by atoms with E-state index in [1.54, 1.807) is 0 Å². The summed E-state index contributed by atoms with van der Waals surface area (Å²) in [5.41, 5.74) is 6.63. The molecule has 0 saturated carbocycles. The van der Waals surface area contributed by atoms with Gasteiger partial charge in [0.05, 0.1) is 5.92 Å². The summed E-state index contributed by atoms with van der Waals surface area (Å²) in [6, 6.07) is 10.1. The molecule has 0 spiro atoms. The highest BCUT2D eigenvalue weighted by molar-refractivity contribution is 5.23. The minimum absolute atomic E-state index is 0.135. The van der Waals surface area contributed by atoms with Crippen molar-refractivity contribution < 1.29 is 4.52 Å². The van der Waals surface area contributed by atoms with Crippen LogP contribution in [0, 0.1) is 0 Å². The van der Waals surface area contributed by atoms with Crippen molar-refractivity contribution in [1.82, 2.24) is 10.1 Å². The number of hydrogen-bond acceptors (Lipinski definition) is 4. The summed E-state index contributed by atoms with van der Waals surface area (Å²) >= 11 is 0. The van der Waals surface area contributed by atoms with Crippen LogP contribution in [0.1, 0.15) is 36.5 Å². The van der Waals surface area contributed by atoms with Gasteiger partial charge in [0, 0.05) is 6.42 Å². The molecule has 0 aliphatic rings. The number of hydrogen-bond donors (Lipinski definition) is 1. The first-order valence-electron chi connectivity index (χ1n) is 5.88. The van der Waals surface area contributed by atoms with E-state index in [0.29, 0.717) is 12.4 Å². The van der Waals surface area contributed by atoms with Gasteiger partial charge >= 0.3 is 0 Å². The first kappa shape index (κ1) is 11.8. The molecule has 1 unspecified atom stereocenters. The average molecular weight is 231 g/mol. The van der Waals surface area contributed by atoms with Crippen molar-refractivity contribution in [3.63, 3.8) is 0 Å². The molecule has 1 aromatic heterocycles. The van der Waals surface area contributed by atoms with Crippen molar-refractivity contribution in [2.75, 3.05) is 6.54 Å². The molecule has 1 heterocycles. The highest BCUT2D eigenvalue weighted by Crippen LogP contribution is 2.22. The normalized spacial score (nSPS) is 12.6. The Bertz CT molecular complexity index is 453. The van der Waals surface area contributed by atoms with E-state index in [9.17, 15) is 0 Å². The summed E-state index contributed by atoms with van der Waals surface area (Å²) in [5.74, 6) is 1.55. The molecule has 2 N–H and O–H groups in total. The molecule has 90 valence electrons. The second-order valence-corrected chi connectivity index (χ2v) is 4.07. The first-order chi connectivity index (χ1) is 8.31. The fraction of sp³-hybridized carbons (Fsp3) is 0.385. The van der Waals surface area contributed by atoms with Gasteiger partial charge in [-0.2, -0.15) is 4.98 Å². The van der Waals surface area contributed by atoms with E-state index in [1.807, 2.05) is 18.2 Å². The van der Waals surface area contributed by atoms with Gasteiger partial charge in [0.25, 0.3) is 0 Å². The number of aryl methyl sites for hydroxylation is 1. The van der Waals surface area contributed by atoms with Crippen LogP contribution in [-0.4, -0.2) is 16.7 Å². The van der Waals surface area contributed by atoms with Crippen LogP contribution in [0.15, 0.2) is 34.9 Å². The van der Waals surface area contributed by atoms with E-state index >= 15 is 0 Å². The second kappa shape index (κ2) is 5.59. The van der Waals surface area contributed by atoms with Crippen LogP contribution in [0.25, 0.3) is 0 Å². The molecule has 4 nitrogen and oxygen atoms in total. The fourth-order valence-electron chi connectivity index (χ4n) is 1.69. The maximum absolute atomic E-state index is 5.45. The number of benzene rings is 1. The van der Waals surface area contributed by atoms with Gasteiger partial charge in [-0.1, -0.05) is 35.5 Å². The van der Waals surface area contributed by atoms with Gasteiger partial charge in [-0.25, -0.2) is 0 Å². The Balaban J connectivity index is 2.09. The maximum atomic E-state index is 5.45. The highest BCUT2D eigenvalue weighted by atomic mass is 16.5. The van der Waals surface area contributed by atoms with Crippen molar-refractivity contribution in [3.8, 4) is 0 Å². The van der Waals surface area contributed by atoms with Gasteiger partial charge < -0.3 is 10.3 Å². The molecule has 0 aliphatic heterocycles. The van der Waals surface area contributed by atoms with Gasteiger partial charge in [-0.3, -0.25) is 0 Å². The predicted octanol–water partition coefficient (Wildman–Crippen LogP) is 2.11. The average Bonchev–Trinajstić information content (AvgIpc) is 2.85. The third-order valence-corrected chi connectivity index (χ3v) is 2.76. The van der Waals surface area contributed by atoms with Crippen molar-refractivity contribution in [2.45, 2.75) is 25.7 Å². The summed E-state index contributed by atoms with van der Waals surface area (Å²) in [4.78, 5) is 4.39. The first-order valence-corrected chi connectivity index (χ1v) is 5.88. The molecule has 0 amide bonds. The molecule has 4 heteroatoms. The third-order valence-electron chi connectivity index (χ3n) is 2.76. The lowest BCUT2D eigenvalue weighted by Crippen LogP contribution is -2.01. The molecule has 0 aliphatic carbocycles. The highest BCUT2D eigenvalue weighted by Gasteiger charge is 2.15. The topological polar surface area (TPSA) is 64.9 Å². The molecule has 0 radical (unpaired) electrons. The molecule has 1 aromatic carbocycles. The van der Waals surface area contributed by atoms with Crippen LogP contribution in [0.5, 0.6) is 0 Å². The summed E-state index contributed by atoms with van der Waals surface area (Å²) in [6.07, 6.45) is 1.67. The Kier molecular flexibility index (Phi) is 3.88. The van der Waals surface area contributed by atoms with Gasteiger partial charge in [0.2, 0.25) is 5.89 Å².